The lowest BCUT2D eigenvalue weighted by atomic mass is 10.1. The normalized spacial score (nSPS) is 11.9. The van der Waals surface area contributed by atoms with Crippen LogP contribution in [0.3, 0.4) is 0 Å². The number of aryl methyl sites for hydroxylation is 2. The number of benzene rings is 1. The highest BCUT2D eigenvalue weighted by Crippen LogP contribution is 2.26. The predicted molar refractivity (Wildman–Crippen MR) is 84.6 cm³/mol. The van der Waals surface area contributed by atoms with Crippen molar-refractivity contribution in [3.05, 3.63) is 65.4 Å². The zero-order valence-corrected chi connectivity index (χ0v) is 13.0. The van der Waals surface area contributed by atoms with Crippen molar-refractivity contribution in [3.63, 3.8) is 0 Å². The van der Waals surface area contributed by atoms with Gasteiger partial charge in [-0.2, -0.15) is 10.4 Å². The minimum absolute atomic E-state index is 0.0793. The SMILES string of the molecule is Cc1nc(C)c(C(O)=C(C#N)c2ccn(-c3ccccc3F)n2)o1. The monoisotopic (exact) mass is 324 g/mol. The van der Waals surface area contributed by atoms with E-state index in [-0.39, 0.29) is 28.5 Å². The molecule has 3 rings (SSSR count). The van der Waals surface area contributed by atoms with Crippen molar-refractivity contribution < 1.29 is 13.9 Å². The zero-order valence-electron chi connectivity index (χ0n) is 13.0. The first kappa shape index (κ1) is 15.5. The van der Waals surface area contributed by atoms with Crippen LogP contribution in [0.5, 0.6) is 0 Å². The van der Waals surface area contributed by atoms with Crippen LogP contribution in [0.1, 0.15) is 23.0 Å². The molecule has 1 aromatic carbocycles. The molecule has 2 heterocycles. The van der Waals surface area contributed by atoms with Gasteiger partial charge in [0.2, 0.25) is 0 Å². The number of para-hydroxylation sites is 1. The van der Waals surface area contributed by atoms with E-state index in [4.69, 9.17) is 4.42 Å². The van der Waals surface area contributed by atoms with Gasteiger partial charge in [-0.3, -0.25) is 0 Å². The Morgan fingerprint density at radius 2 is 2.04 bits per heavy atom. The van der Waals surface area contributed by atoms with Crippen molar-refractivity contribution in [1.29, 1.82) is 5.26 Å². The van der Waals surface area contributed by atoms with Crippen LogP contribution in [0, 0.1) is 31.0 Å². The number of nitriles is 1. The summed E-state index contributed by atoms with van der Waals surface area (Å²) in [5.41, 5.74) is 0.828. The molecule has 2 aromatic heterocycles. The molecule has 7 heteroatoms. The maximum absolute atomic E-state index is 13.8. The van der Waals surface area contributed by atoms with Gasteiger partial charge < -0.3 is 9.52 Å². The van der Waals surface area contributed by atoms with Gasteiger partial charge in [0.1, 0.15) is 28.8 Å². The van der Waals surface area contributed by atoms with Crippen LogP contribution in [-0.4, -0.2) is 19.9 Å². The second-order valence-corrected chi connectivity index (χ2v) is 5.08. The summed E-state index contributed by atoms with van der Waals surface area (Å²) in [5.74, 6) is -0.303. The Bertz CT molecular complexity index is 979. The molecule has 0 spiro atoms. The van der Waals surface area contributed by atoms with E-state index < -0.39 is 5.82 Å². The number of aromatic nitrogens is 3. The number of nitrogens with zero attached hydrogens (tertiary/aromatic N) is 4. The van der Waals surface area contributed by atoms with E-state index in [0.717, 1.165) is 0 Å². The van der Waals surface area contributed by atoms with Crippen LogP contribution in [0.15, 0.2) is 40.9 Å². The standard InChI is InChI=1S/C17H13FN4O2/c1-10-17(24-11(2)20-10)16(23)12(9-19)14-7-8-22(21-14)15-6-4-3-5-13(15)18/h3-8,23H,1-2H3. The summed E-state index contributed by atoms with van der Waals surface area (Å²) in [6.07, 6.45) is 1.51. The largest absolute Gasteiger partial charge is 0.503 e. The Kier molecular flexibility index (Phi) is 3.88. The summed E-state index contributed by atoms with van der Waals surface area (Å²) in [6.45, 7) is 3.30. The van der Waals surface area contributed by atoms with Crippen LogP contribution < -0.4 is 0 Å². The average molecular weight is 324 g/mol. The zero-order chi connectivity index (χ0) is 17.3. The summed E-state index contributed by atoms with van der Waals surface area (Å²) < 4.78 is 20.5. The van der Waals surface area contributed by atoms with Gasteiger partial charge in [0.05, 0.1) is 5.69 Å². The molecule has 3 aromatic rings. The number of halogens is 1. The molecule has 0 amide bonds. The molecule has 120 valence electrons. The summed E-state index contributed by atoms with van der Waals surface area (Å²) >= 11 is 0. The van der Waals surface area contributed by atoms with Crippen molar-refractivity contribution in [3.8, 4) is 11.8 Å². The van der Waals surface area contributed by atoms with E-state index in [0.29, 0.717) is 11.6 Å². The van der Waals surface area contributed by atoms with Crippen LogP contribution in [-0.2, 0) is 0 Å². The summed E-state index contributed by atoms with van der Waals surface area (Å²) in [7, 11) is 0. The predicted octanol–water partition coefficient (Wildman–Crippen LogP) is 3.57. The van der Waals surface area contributed by atoms with Crippen LogP contribution in [0.2, 0.25) is 0 Å². The van der Waals surface area contributed by atoms with Gasteiger partial charge >= 0.3 is 0 Å². The third-order valence-electron chi connectivity index (χ3n) is 3.41. The van der Waals surface area contributed by atoms with E-state index in [9.17, 15) is 14.8 Å². The van der Waals surface area contributed by atoms with Crippen LogP contribution in [0.25, 0.3) is 17.0 Å². The minimum atomic E-state index is -0.444. The van der Waals surface area contributed by atoms with Gasteiger partial charge in [0.25, 0.3) is 0 Å². The van der Waals surface area contributed by atoms with E-state index >= 15 is 0 Å². The Morgan fingerprint density at radius 3 is 2.67 bits per heavy atom. The lowest BCUT2D eigenvalue weighted by Crippen LogP contribution is -1.99. The van der Waals surface area contributed by atoms with Crippen molar-refractivity contribution in [2.75, 3.05) is 0 Å². The molecule has 0 atom stereocenters. The molecule has 0 saturated carbocycles. The maximum atomic E-state index is 13.8. The molecule has 0 saturated heterocycles. The van der Waals surface area contributed by atoms with Crippen molar-refractivity contribution in [2.24, 2.45) is 0 Å². The number of oxazole rings is 1. The number of aliphatic hydroxyl groups excluding tert-OH is 1. The lowest BCUT2D eigenvalue weighted by Gasteiger charge is -2.03. The molecule has 1 N–H and O–H groups in total. The quantitative estimate of drug-likeness (QED) is 0.588. The Morgan fingerprint density at radius 1 is 1.29 bits per heavy atom. The number of rotatable bonds is 3. The highest BCUT2D eigenvalue weighted by molar-refractivity contribution is 5.92. The average Bonchev–Trinajstić information content (AvgIpc) is 3.15. The number of hydrogen-bond acceptors (Lipinski definition) is 5. The first-order valence-electron chi connectivity index (χ1n) is 7.10. The summed E-state index contributed by atoms with van der Waals surface area (Å²) in [4.78, 5) is 4.06. The first-order chi connectivity index (χ1) is 11.5. The van der Waals surface area contributed by atoms with Gasteiger partial charge in [-0.15, -0.1) is 0 Å². The van der Waals surface area contributed by atoms with Gasteiger partial charge in [-0.25, -0.2) is 14.1 Å². The number of aliphatic hydroxyl groups is 1. The fourth-order valence-electron chi connectivity index (χ4n) is 2.33. The third-order valence-corrected chi connectivity index (χ3v) is 3.41. The highest BCUT2D eigenvalue weighted by Gasteiger charge is 2.19. The van der Waals surface area contributed by atoms with Crippen molar-refractivity contribution in [1.82, 2.24) is 14.8 Å². The second kappa shape index (κ2) is 6.01. The summed E-state index contributed by atoms with van der Waals surface area (Å²) in [6, 6.07) is 9.55. The maximum Gasteiger partial charge on any atom is 0.193 e. The lowest BCUT2D eigenvalue weighted by molar-refractivity contribution is 0.445. The highest BCUT2D eigenvalue weighted by atomic mass is 19.1. The Balaban J connectivity index is 2.08. The number of hydrogen-bond donors (Lipinski definition) is 1. The first-order valence-corrected chi connectivity index (χ1v) is 7.10. The van der Waals surface area contributed by atoms with E-state index in [2.05, 4.69) is 10.1 Å². The van der Waals surface area contributed by atoms with Crippen molar-refractivity contribution >= 4 is 11.3 Å². The molecule has 0 bridgehead atoms. The van der Waals surface area contributed by atoms with E-state index in [1.165, 1.54) is 23.0 Å². The van der Waals surface area contributed by atoms with Gasteiger partial charge in [0, 0.05) is 13.1 Å². The van der Waals surface area contributed by atoms with Gasteiger partial charge in [-0.05, 0) is 25.1 Å². The molecule has 0 aliphatic carbocycles. The van der Waals surface area contributed by atoms with E-state index in [1.54, 1.807) is 32.0 Å². The Hall–Kier alpha value is -3.40. The summed E-state index contributed by atoms with van der Waals surface area (Å²) in [5, 5.41) is 23.9. The van der Waals surface area contributed by atoms with Gasteiger partial charge in [-0.1, -0.05) is 12.1 Å². The molecule has 0 radical (unpaired) electrons. The minimum Gasteiger partial charge on any atom is -0.503 e. The van der Waals surface area contributed by atoms with Crippen LogP contribution in [0.4, 0.5) is 4.39 Å². The molecule has 6 nitrogen and oxygen atoms in total. The van der Waals surface area contributed by atoms with Crippen molar-refractivity contribution in [2.45, 2.75) is 13.8 Å². The third kappa shape index (κ3) is 2.65. The molecular formula is C17H13FN4O2. The topological polar surface area (TPSA) is 87.9 Å². The molecule has 0 unspecified atom stereocenters. The van der Waals surface area contributed by atoms with Crippen LogP contribution >= 0.6 is 0 Å². The molecule has 0 aliphatic rings. The second-order valence-electron chi connectivity index (χ2n) is 5.08. The van der Waals surface area contributed by atoms with Gasteiger partial charge in [0.15, 0.2) is 17.4 Å². The van der Waals surface area contributed by atoms with E-state index in [1.807, 2.05) is 6.07 Å². The molecule has 24 heavy (non-hydrogen) atoms. The Labute approximate surface area is 137 Å². The fourth-order valence-corrected chi connectivity index (χ4v) is 2.33. The number of allylic oxidation sites excluding steroid dienone is 1. The fraction of sp³-hybridized carbons (Fsp3) is 0.118. The molecular weight excluding hydrogens is 311 g/mol. The molecule has 0 fully saturated rings. The molecule has 0 aliphatic heterocycles. The smallest absolute Gasteiger partial charge is 0.193 e.